The molecule has 6 heteroatoms. The highest BCUT2D eigenvalue weighted by molar-refractivity contribution is 5.42. The van der Waals surface area contributed by atoms with Gasteiger partial charge in [0.1, 0.15) is 11.5 Å². The van der Waals surface area contributed by atoms with E-state index >= 15 is 0 Å². The second-order valence-corrected chi connectivity index (χ2v) is 6.83. The lowest BCUT2D eigenvalue weighted by Gasteiger charge is -2.32. The number of likely N-dealkylation sites (tertiary alicyclic amines) is 1. The van der Waals surface area contributed by atoms with E-state index in [1.165, 1.54) is 0 Å². The lowest BCUT2D eigenvalue weighted by Crippen LogP contribution is -2.44. The van der Waals surface area contributed by atoms with Crippen LogP contribution < -0.4 is 9.47 Å². The summed E-state index contributed by atoms with van der Waals surface area (Å²) in [4.78, 5) is 4.66. The van der Waals surface area contributed by atoms with E-state index in [0.717, 1.165) is 62.8 Å². The predicted molar refractivity (Wildman–Crippen MR) is 96.4 cm³/mol. The lowest BCUT2D eigenvalue weighted by molar-refractivity contribution is 0.00578. The van der Waals surface area contributed by atoms with Gasteiger partial charge in [0.2, 0.25) is 0 Å². The first-order chi connectivity index (χ1) is 12.2. The SMILES string of the molecule is COc1ccc(OC)c([C@H]2CCCN2C[C@H](O)CN2CCOCC2)c1. The Morgan fingerprint density at radius 2 is 1.96 bits per heavy atom. The van der Waals surface area contributed by atoms with Crippen molar-refractivity contribution in [3.8, 4) is 11.5 Å². The van der Waals surface area contributed by atoms with Crippen molar-refractivity contribution in [3.05, 3.63) is 23.8 Å². The second kappa shape index (κ2) is 8.85. The fourth-order valence-corrected chi connectivity index (χ4v) is 3.91. The van der Waals surface area contributed by atoms with Crippen LogP contribution >= 0.6 is 0 Å². The van der Waals surface area contributed by atoms with Crippen molar-refractivity contribution in [2.24, 2.45) is 0 Å². The molecule has 0 amide bonds. The van der Waals surface area contributed by atoms with Gasteiger partial charge in [0.15, 0.2) is 0 Å². The van der Waals surface area contributed by atoms with Gasteiger partial charge in [-0.15, -0.1) is 0 Å². The minimum atomic E-state index is -0.352. The van der Waals surface area contributed by atoms with Crippen molar-refractivity contribution < 1.29 is 19.3 Å². The number of rotatable bonds is 7. The summed E-state index contributed by atoms with van der Waals surface area (Å²) >= 11 is 0. The molecule has 0 radical (unpaired) electrons. The average molecular weight is 350 g/mol. The van der Waals surface area contributed by atoms with Crippen molar-refractivity contribution in [1.82, 2.24) is 9.80 Å². The molecule has 2 saturated heterocycles. The number of aliphatic hydroxyl groups is 1. The molecule has 1 aromatic carbocycles. The van der Waals surface area contributed by atoms with Gasteiger partial charge in [0, 0.05) is 37.8 Å². The minimum Gasteiger partial charge on any atom is -0.497 e. The van der Waals surface area contributed by atoms with Gasteiger partial charge in [-0.25, -0.2) is 0 Å². The summed E-state index contributed by atoms with van der Waals surface area (Å²) in [5.74, 6) is 1.73. The van der Waals surface area contributed by atoms with Crippen molar-refractivity contribution in [2.45, 2.75) is 25.0 Å². The molecule has 6 nitrogen and oxygen atoms in total. The van der Waals surface area contributed by atoms with Crippen molar-refractivity contribution in [2.75, 3.05) is 60.2 Å². The standard InChI is InChI=1S/C19H30N2O4/c1-23-16-5-6-19(24-2)17(12-16)18-4-3-7-21(18)14-15(22)13-20-8-10-25-11-9-20/h5-6,12,15,18,22H,3-4,7-11,13-14H2,1-2H3/t15-,18-/m1/s1. The van der Waals surface area contributed by atoms with E-state index in [4.69, 9.17) is 14.2 Å². The summed E-state index contributed by atoms with van der Waals surface area (Å²) in [7, 11) is 3.39. The molecule has 1 aromatic rings. The topological polar surface area (TPSA) is 54.4 Å². The monoisotopic (exact) mass is 350 g/mol. The fraction of sp³-hybridized carbons (Fsp3) is 0.684. The van der Waals surface area contributed by atoms with Gasteiger partial charge in [0.05, 0.1) is 33.5 Å². The van der Waals surface area contributed by atoms with Crippen molar-refractivity contribution in [3.63, 3.8) is 0 Å². The Hall–Kier alpha value is -1.34. The molecule has 2 aliphatic rings. The number of β-amino-alcohol motifs (C(OH)–C–C–N with tert-alkyl or cyclic N) is 1. The molecule has 0 unspecified atom stereocenters. The number of hydrogen-bond donors (Lipinski definition) is 1. The van der Waals surface area contributed by atoms with Gasteiger partial charge in [-0.05, 0) is 37.6 Å². The Kier molecular flexibility index (Phi) is 6.53. The molecular formula is C19H30N2O4. The number of hydrogen-bond acceptors (Lipinski definition) is 6. The number of benzene rings is 1. The molecule has 0 bridgehead atoms. The number of ether oxygens (including phenoxy) is 3. The Morgan fingerprint density at radius 3 is 2.68 bits per heavy atom. The maximum atomic E-state index is 10.6. The molecule has 0 spiro atoms. The van der Waals surface area contributed by atoms with Crippen LogP contribution in [-0.2, 0) is 4.74 Å². The summed E-state index contributed by atoms with van der Waals surface area (Å²) in [6.45, 7) is 5.74. The van der Waals surface area contributed by atoms with Crippen LogP contribution in [0.25, 0.3) is 0 Å². The van der Waals surface area contributed by atoms with Gasteiger partial charge < -0.3 is 19.3 Å². The zero-order chi connectivity index (χ0) is 17.6. The van der Waals surface area contributed by atoms with Gasteiger partial charge in [-0.2, -0.15) is 0 Å². The highest BCUT2D eigenvalue weighted by Gasteiger charge is 2.30. The third-order valence-corrected chi connectivity index (χ3v) is 5.18. The molecule has 0 saturated carbocycles. The van der Waals surface area contributed by atoms with Crippen molar-refractivity contribution >= 4 is 0 Å². The van der Waals surface area contributed by atoms with Crippen LogP contribution in [-0.4, -0.2) is 81.2 Å². The van der Waals surface area contributed by atoms with Crippen LogP contribution in [0.1, 0.15) is 24.4 Å². The third-order valence-electron chi connectivity index (χ3n) is 5.18. The molecule has 0 aliphatic carbocycles. The van der Waals surface area contributed by atoms with E-state index in [0.29, 0.717) is 13.1 Å². The Bertz CT molecular complexity index is 548. The smallest absolute Gasteiger partial charge is 0.123 e. The molecule has 2 aliphatic heterocycles. The molecular weight excluding hydrogens is 320 g/mol. The zero-order valence-corrected chi connectivity index (χ0v) is 15.3. The van der Waals surface area contributed by atoms with E-state index in [2.05, 4.69) is 15.9 Å². The second-order valence-electron chi connectivity index (χ2n) is 6.83. The van der Waals surface area contributed by atoms with Crippen molar-refractivity contribution in [1.29, 1.82) is 0 Å². The van der Waals surface area contributed by atoms with Crippen LogP contribution in [0.15, 0.2) is 18.2 Å². The van der Waals surface area contributed by atoms with Gasteiger partial charge in [0.25, 0.3) is 0 Å². The summed E-state index contributed by atoms with van der Waals surface area (Å²) in [6, 6.07) is 6.23. The minimum absolute atomic E-state index is 0.268. The first-order valence-corrected chi connectivity index (χ1v) is 9.15. The molecule has 0 aromatic heterocycles. The highest BCUT2D eigenvalue weighted by Crippen LogP contribution is 2.38. The Morgan fingerprint density at radius 1 is 1.16 bits per heavy atom. The number of methoxy groups -OCH3 is 2. The quantitative estimate of drug-likeness (QED) is 0.805. The van der Waals surface area contributed by atoms with Gasteiger partial charge >= 0.3 is 0 Å². The normalized spacial score (nSPS) is 23.6. The highest BCUT2D eigenvalue weighted by atomic mass is 16.5. The summed E-state index contributed by atoms with van der Waals surface area (Å²) in [5.41, 5.74) is 1.15. The molecule has 2 fully saturated rings. The molecule has 25 heavy (non-hydrogen) atoms. The summed E-state index contributed by atoms with van der Waals surface area (Å²) in [6.07, 6.45) is 1.86. The van der Waals surface area contributed by atoms with E-state index in [9.17, 15) is 5.11 Å². The first-order valence-electron chi connectivity index (χ1n) is 9.15. The molecule has 3 rings (SSSR count). The number of aliphatic hydroxyl groups excluding tert-OH is 1. The maximum absolute atomic E-state index is 10.6. The van der Waals surface area contributed by atoms with Crippen LogP contribution in [0.5, 0.6) is 11.5 Å². The first kappa shape index (κ1) is 18.5. The maximum Gasteiger partial charge on any atom is 0.123 e. The predicted octanol–water partition coefficient (Wildman–Crippen LogP) is 1.53. The van der Waals surface area contributed by atoms with Crippen LogP contribution in [0.3, 0.4) is 0 Å². The molecule has 2 atom stereocenters. The number of nitrogens with zero attached hydrogens (tertiary/aromatic N) is 2. The van der Waals surface area contributed by atoms with Gasteiger partial charge in [-0.1, -0.05) is 0 Å². The van der Waals surface area contributed by atoms with Crippen LogP contribution in [0.2, 0.25) is 0 Å². The average Bonchev–Trinajstić information content (AvgIpc) is 3.09. The summed E-state index contributed by atoms with van der Waals surface area (Å²) < 4.78 is 16.3. The Balaban J connectivity index is 1.65. The molecule has 1 N–H and O–H groups in total. The van der Waals surface area contributed by atoms with E-state index < -0.39 is 0 Å². The largest absolute Gasteiger partial charge is 0.497 e. The summed E-state index contributed by atoms with van der Waals surface area (Å²) in [5, 5.41) is 10.6. The van der Waals surface area contributed by atoms with E-state index in [1.54, 1.807) is 14.2 Å². The Labute approximate surface area is 150 Å². The molecule has 140 valence electrons. The fourth-order valence-electron chi connectivity index (χ4n) is 3.91. The van der Waals surface area contributed by atoms with Crippen LogP contribution in [0, 0.1) is 0 Å². The number of morpholine rings is 1. The molecule has 2 heterocycles. The van der Waals surface area contributed by atoms with E-state index in [-0.39, 0.29) is 12.1 Å². The van der Waals surface area contributed by atoms with Crippen LogP contribution in [0.4, 0.5) is 0 Å². The third kappa shape index (κ3) is 4.64. The van der Waals surface area contributed by atoms with Gasteiger partial charge in [-0.3, -0.25) is 9.80 Å². The zero-order valence-electron chi connectivity index (χ0n) is 15.3. The van der Waals surface area contributed by atoms with E-state index in [1.807, 2.05) is 12.1 Å². The lowest BCUT2D eigenvalue weighted by atomic mass is 10.0.